The highest BCUT2D eigenvalue weighted by atomic mass is 15.3. The molecular formula is C14H26N4. The van der Waals surface area contributed by atoms with Gasteiger partial charge in [-0.2, -0.15) is 0 Å². The number of likely N-dealkylation sites (N-methyl/N-ethyl adjacent to an activating group) is 1. The molecule has 2 rings (SSSR count). The molecule has 2 aliphatic rings. The third-order valence-corrected chi connectivity index (χ3v) is 3.54. The second kappa shape index (κ2) is 6.69. The van der Waals surface area contributed by atoms with Crippen molar-refractivity contribution in [1.29, 1.82) is 0 Å². The first-order valence-corrected chi connectivity index (χ1v) is 6.76. The summed E-state index contributed by atoms with van der Waals surface area (Å²) in [6.07, 6.45) is 6.68. The van der Waals surface area contributed by atoms with Gasteiger partial charge in [0.15, 0.2) is 5.84 Å². The molecule has 1 heterocycles. The van der Waals surface area contributed by atoms with E-state index in [0.29, 0.717) is 12.1 Å². The molecule has 0 amide bonds. The van der Waals surface area contributed by atoms with Gasteiger partial charge >= 0.3 is 0 Å². The maximum absolute atomic E-state index is 4.35. The minimum absolute atomic E-state index is 0.559. The molecule has 2 unspecified atom stereocenters. The lowest BCUT2D eigenvalue weighted by atomic mass is 9.84. The molecule has 18 heavy (non-hydrogen) atoms. The predicted molar refractivity (Wildman–Crippen MR) is 79.5 cm³/mol. The highest BCUT2D eigenvalue weighted by Gasteiger charge is 2.39. The lowest BCUT2D eigenvalue weighted by Crippen LogP contribution is -2.56. The molecule has 0 bridgehead atoms. The number of amidine groups is 1. The Labute approximate surface area is 111 Å². The Bertz CT molecular complexity index is 355. The van der Waals surface area contributed by atoms with Gasteiger partial charge in [-0.15, -0.1) is 0 Å². The molecule has 0 aromatic heterocycles. The molecule has 2 atom stereocenters. The standard InChI is InChI=1S/C12H20N4.C2H6/c1-13-9-7-8-16(12(9)14-2)11-6-5-10(11)15(3)4;1-2/h7-8,10-11H,5-6H2,1-4H3;1-2H3. The third kappa shape index (κ3) is 2.64. The van der Waals surface area contributed by atoms with Crippen LogP contribution in [0.4, 0.5) is 0 Å². The Morgan fingerprint density at radius 3 is 2.22 bits per heavy atom. The summed E-state index contributed by atoms with van der Waals surface area (Å²) in [5.41, 5.74) is 0.993. The van der Waals surface area contributed by atoms with Crippen LogP contribution in [0.5, 0.6) is 0 Å². The van der Waals surface area contributed by atoms with Crippen molar-refractivity contribution >= 4 is 11.5 Å². The van der Waals surface area contributed by atoms with E-state index in [2.05, 4.69) is 40.1 Å². The molecule has 4 nitrogen and oxygen atoms in total. The molecule has 0 saturated heterocycles. The van der Waals surface area contributed by atoms with Gasteiger partial charge in [-0.05, 0) is 33.0 Å². The van der Waals surface area contributed by atoms with Crippen LogP contribution in [0.1, 0.15) is 26.7 Å². The van der Waals surface area contributed by atoms with Gasteiger partial charge in [0.2, 0.25) is 0 Å². The summed E-state index contributed by atoms with van der Waals surface area (Å²) in [6, 6.07) is 1.20. The van der Waals surface area contributed by atoms with Crippen LogP contribution >= 0.6 is 0 Å². The summed E-state index contributed by atoms with van der Waals surface area (Å²) >= 11 is 0. The number of hydrogen-bond donors (Lipinski definition) is 0. The van der Waals surface area contributed by atoms with Crippen molar-refractivity contribution in [2.45, 2.75) is 38.8 Å². The van der Waals surface area contributed by atoms with E-state index in [1.165, 1.54) is 12.8 Å². The first kappa shape index (κ1) is 14.9. The summed E-state index contributed by atoms with van der Waals surface area (Å²) in [6.45, 7) is 4.00. The zero-order chi connectivity index (χ0) is 13.7. The van der Waals surface area contributed by atoms with E-state index in [4.69, 9.17) is 0 Å². The Kier molecular flexibility index (Phi) is 5.54. The van der Waals surface area contributed by atoms with Gasteiger partial charge in [-0.25, -0.2) is 0 Å². The largest absolute Gasteiger partial charge is 0.327 e. The van der Waals surface area contributed by atoms with Gasteiger partial charge in [-0.1, -0.05) is 13.8 Å². The van der Waals surface area contributed by atoms with Crippen molar-refractivity contribution in [2.24, 2.45) is 9.98 Å². The lowest BCUT2D eigenvalue weighted by Gasteiger charge is -2.45. The van der Waals surface area contributed by atoms with Gasteiger partial charge in [0, 0.05) is 26.3 Å². The van der Waals surface area contributed by atoms with Gasteiger partial charge < -0.3 is 9.80 Å². The summed E-state index contributed by atoms with van der Waals surface area (Å²) in [5.74, 6) is 1.01. The van der Waals surface area contributed by atoms with Crippen molar-refractivity contribution in [3.63, 3.8) is 0 Å². The van der Waals surface area contributed by atoms with Crippen molar-refractivity contribution in [3.05, 3.63) is 12.3 Å². The van der Waals surface area contributed by atoms with Crippen LogP contribution < -0.4 is 0 Å². The van der Waals surface area contributed by atoms with E-state index in [1.54, 1.807) is 0 Å². The van der Waals surface area contributed by atoms with Crippen molar-refractivity contribution in [1.82, 2.24) is 9.80 Å². The van der Waals surface area contributed by atoms with Crippen LogP contribution in [0.25, 0.3) is 0 Å². The van der Waals surface area contributed by atoms with Crippen LogP contribution in [0.3, 0.4) is 0 Å². The molecule has 0 aromatic carbocycles. The minimum atomic E-state index is 0.559. The van der Waals surface area contributed by atoms with Crippen LogP contribution in [-0.2, 0) is 0 Å². The van der Waals surface area contributed by atoms with E-state index < -0.39 is 0 Å². The normalized spacial score (nSPS) is 30.7. The van der Waals surface area contributed by atoms with Gasteiger partial charge in [0.05, 0.1) is 6.04 Å². The Balaban J connectivity index is 0.000000771. The fourth-order valence-electron chi connectivity index (χ4n) is 2.49. The first-order valence-electron chi connectivity index (χ1n) is 6.76. The second-order valence-corrected chi connectivity index (χ2v) is 4.55. The fourth-order valence-corrected chi connectivity index (χ4v) is 2.49. The molecule has 0 spiro atoms. The molecule has 1 saturated carbocycles. The molecular weight excluding hydrogens is 224 g/mol. The molecule has 1 aliphatic carbocycles. The zero-order valence-electron chi connectivity index (χ0n) is 12.5. The molecule has 1 fully saturated rings. The van der Waals surface area contributed by atoms with E-state index >= 15 is 0 Å². The Morgan fingerprint density at radius 1 is 1.17 bits per heavy atom. The molecule has 0 N–H and O–H groups in total. The topological polar surface area (TPSA) is 31.2 Å². The third-order valence-electron chi connectivity index (χ3n) is 3.54. The lowest BCUT2D eigenvalue weighted by molar-refractivity contribution is 0.0992. The average molecular weight is 250 g/mol. The average Bonchev–Trinajstić information content (AvgIpc) is 2.72. The van der Waals surface area contributed by atoms with Gasteiger partial charge in [0.25, 0.3) is 0 Å². The van der Waals surface area contributed by atoms with E-state index in [-0.39, 0.29) is 0 Å². The van der Waals surface area contributed by atoms with Crippen LogP contribution in [0.2, 0.25) is 0 Å². The van der Waals surface area contributed by atoms with Crippen molar-refractivity contribution in [2.75, 3.05) is 28.2 Å². The Morgan fingerprint density at radius 2 is 1.83 bits per heavy atom. The number of aliphatic imine (C=N–C) groups is 2. The predicted octanol–water partition coefficient (Wildman–Crippen LogP) is 2.03. The fraction of sp³-hybridized carbons (Fsp3) is 0.714. The molecule has 0 aromatic rings. The molecule has 102 valence electrons. The second-order valence-electron chi connectivity index (χ2n) is 4.55. The van der Waals surface area contributed by atoms with E-state index in [9.17, 15) is 0 Å². The highest BCUT2D eigenvalue weighted by molar-refractivity contribution is 6.47. The summed E-state index contributed by atoms with van der Waals surface area (Å²) in [5, 5.41) is 0. The van der Waals surface area contributed by atoms with Crippen molar-refractivity contribution < 1.29 is 0 Å². The smallest absolute Gasteiger partial charge is 0.153 e. The van der Waals surface area contributed by atoms with Crippen LogP contribution in [0.15, 0.2) is 22.3 Å². The molecule has 0 radical (unpaired) electrons. The van der Waals surface area contributed by atoms with Crippen molar-refractivity contribution in [3.8, 4) is 0 Å². The number of nitrogens with zero attached hydrogens (tertiary/aromatic N) is 4. The monoisotopic (exact) mass is 250 g/mol. The van der Waals surface area contributed by atoms with Crippen LogP contribution in [-0.4, -0.2) is 61.6 Å². The van der Waals surface area contributed by atoms with E-state index in [1.807, 2.05) is 34.0 Å². The van der Waals surface area contributed by atoms with Gasteiger partial charge in [0.1, 0.15) is 5.71 Å². The van der Waals surface area contributed by atoms with Crippen LogP contribution in [0, 0.1) is 0 Å². The zero-order valence-corrected chi connectivity index (χ0v) is 12.5. The minimum Gasteiger partial charge on any atom is -0.327 e. The van der Waals surface area contributed by atoms with Gasteiger partial charge in [-0.3, -0.25) is 9.98 Å². The number of hydrogen-bond acceptors (Lipinski definition) is 3. The van der Waals surface area contributed by atoms with E-state index in [0.717, 1.165) is 11.5 Å². The highest BCUT2D eigenvalue weighted by Crippen LogP contribution is 2.31. The SMILES string of the molecule is CC.CN=C1C=CN(C2CCC2N(C)C)C1=NC. The summed E-state index contributed by atoms with van der Waals surface area (Å²) < 4.78 is 0. The maximum Gasteiger partial charge on any atom is 0.153 e. The summed E-state index contributed by atoms with van der Waals surface area (Å²) in [4.78, 5) is 13.2. The maximum atomic E-state index is 4.35. The Hall–Kier alpha value is -1.16. The number of rotatable bonds is 2. The quantitative estimate of drug-likeness (QED) is 0.751. The first-order chi connectivity index (χ1) is 8.69. The summed E-state index contributed by atoms with van der Waals surface area (Å²) in [7, 11) is 7.95. The molecule has 4 heteroatoms. The molecule has 1 aliphatic heterocycles.